The summed E-state index contributed by atoms with van der Waals surface area (Å²) in [5.41, 5.74) is 5.31. The van der Waals surface area contributed by atoms with Crippen molar-refractivity contribution in [3.63, 3.8) is 0 Å². The molecule has 3 N–H and O–H groups in total. The van der Waals surface area contributed by atoms with Gasteiger partial charge >= 0.3 is 5.97 Å². The molecule has 0 aliphatic heterocycles. The third-order valence-electron chi connectivity index (χ3n) is 1.57. The highest BCUT2D eigenvalue weighted by Gasteiger charge is 2.06. The Balaban J connectivity index is 3.32. The van der Waals surface area contributed by atoms with Gasteiger partial charge in [-0.05, 0) is 19.8 Å². The van der Waals surface area contributed by atoms with Gasteiger partial charge in [0.1, 0.15) is 5.78 Å². The lowest BCUT2D eigenvalue weighted by Gasteiger charge is -2.02. The largest absolute Gasteiger partial charge is 0.481 e. The Labute approximate surface area is 71.8 Å². The van der Waals surface area contributed by atoms with Crippen molar-refractivity contribution in [3.8, 4) is 0 Å². The van der Waals surface area contributed by atoms with Crippen molar-refractivity contribution in [2.75, 3.05) is 0 Å². The van der Waals surface area contributed by atoms with E-state index in [1.54, 1.807) is 6.92 Å². The van der Waals surface area contributed by atoms with Crippen molar-refractivity contribution < 1.29 is 14.7 Å². The van der Waals surface area contributed by atoms with E-state index in [-0.39, 0.29) is 12.2 Å². The van der Waals surface area contributed by atoms with Gasteiger partial charge in [-0.15, -0.1) is 0 Å². The van der Waals surface area contributed by atoms with Crippen LogP contribution in [0, 0.1) is 0 Å². The molecule has 0 spiro atoms. The molecule has 0 bridgehead atoms. The maximum atomic E-state index is 10.9. The first-order chi connectivity index (χ1) is 5.54. The Morgan fingerprint density at radius 3 is 2.25 bits per heavy atom. The molecule has 0 aliphatic carbocycles. The summed E-state index contributed by atoms with van der Waals surface area (Å²) in [7, 11) is 0. The first-order valence-corrected chi connectivity index (χ1v) is 4.04. The predicted octanol–water partition coefficient (Wildman–Crippen LogP) is 0.548. The molecule has 4 heteroatoms. The first-order valence-electron chi connectivity index (χ1n) is 4.04. The molecule has 0 aromatic rings. The van der Waals surface area contributed by atoms with E-state index in [1.807, 2.05) is 0 Å². The second-order valence-electron chi connectivity index (χ2n) is 2.86. The molecule has 0 radical (unpaired) electrons. The molecule has 70 valence electrons. The number of Topliss-reactive ketones (excluding diaryl/α,β-unsaturated/α-hetero) is 1. The van der Waals surface area contributed by atoms with Gasteiger partial charge < -0.3 is 10.8 Å². The quantitative estimate of drug-likeness (QED) is 0.575. The second-order valence-corrected chi connectivity index (χ2v) is 2.86. The minimum Gasteiger partial charge on any atom is -0.481 e. The number of nitrogens with two attached hydrogens (primary N) is 1. The van der Waals surface area contributed by atoms with E-state index in [0.717, 1.165) is 0 Å². The van der Waals surface area contributed by atoms with Crippen LogP contribution in [0.4, 0.5) is 0 Å². The molecule has 0 saturated carbocycles. The Hall–Kier alpha value is -0.900. The van der Waals surface area contributed by atoms with Crippen LogP contribution in [-0.4, -0.2) is 22.9 Å². The maximum Gasteiger partial charge on any atom is 0.303 e. The van der Waals surface area contributed by atoms with Crippen molar-refractivity contribution in [2.45, 2.75) is 38.6 Å². The molecular formula is C8H15NO3. The number of carbonyl (C=O) groups excluding carboxylic acids is 1. The van der Waals surface area contributed by atoms with E-state index in [9.17, 15) is 9.59 Å². The number of ketones is 1. The van der Waals surface area contributed by atoms with E-state index < -0.39 is 12.0 Å². The Morgan fingerprint density at radius 1 is 1.33 bits per heavy atom. The molecule has 0 rings (SSSR count). The molecule has 0 aromatic carbocycles. The van der Waals surface area contributed by atoms with Crippen LogP contribution >= 0.6 is 0 Å². The van der Waals surface area contributed by atoms with Crippen LogP contribution in [0.15, 0.2) is 0 Å². The lowest BCUT2D eigenvalue weighted by molar-refractivity contribution is -0.137. The summed E-state index contributed by atoms with van der Waals surface area (Å²) >= 11 is 0. The number of carboxylic acids is 1. The van der Waals surface area contributed by atoms with E-state index in [0.29, 0.717) is 19.3 Å². The standard InChI is InChI=1S/C8H15NO3/c1-6(9)7(10)4-2-3-5-8(11)12/h6H,2-5,9H2,1H3,(H,11,12)/t6-/m1/s1. The average molecular weight is 173 g/mol. The van der Waals surface area contributed by atoms with Gasteiger partial charge in [-0.3, -0.25) is 9.59 Å². The normalized spacial score (nSPS) is 12.5. The van der Waals surface area contributed by atoms with Crippen molar-refractivity contribution in [1.82, 2.24) is 0 Å². The number of aliphatic carboxylic acids is 1. The van der Waals surface area contributed by atoms with E-state index >= 15 is 0 Å². The molecule has 1 atom stereocenters. The zero-order valence-electron chi connectivity index (χ0n) is 7.25. The van der Waals surface area contributed by atoms with Gasteiger partial charge in [0, 0.05) is 12.8 Å². The monoisotopic (exact) mass is 173 g/mol. The van der Waals surface area contributed by atoms with Gasteiger partial charge in [0.2, 0.25) is 0 Å². The lowest BCUT2D eigenvalue weighted by atomic mass is 10.1. The molecule has 0 unspecified atom stereocenters. The van der Waals surface area contributed by atoms with Crippen molar-refractivity contribution in [1.29, 1.82) is 0 Å². The van der Waals surface area contributed by atoms with Crippen LogP contribution < -0.4 is 5.73 Å². The number of hydrogen-bond donors (Lipinski definition) is 2. The van der Waals surface area contributed by atoms with Gasteiger partial charge in [-0.25, -0.2) is 0 Å². The molecule has 0 aliphatic rings. The highest BCUT2D eigenvalue weighted by molar-refractivity contribution is 5.83. The van der Waals surface area contributed by atoms with Gasteiger partial charge in [-0.1, -0.05) is 0 Å². The minimum absolute atomic E-state index is 0.000360. The maximum absolute atomic E-state index is 10.9. The smallest absolute Gasteiger partial charge is 0.303 e. The Morgan fingerprint density at radius 2 is 1.83 bits per heavy atom. The van der Waals surface area contributed by atoms with Crippen LogP contribution in [0.3, 0.4) is 0 Å². The average Bonchev–Trinajstić information content (AvgIpc) is 1.97. The number of carbonyl (C=O) groups is 2. The number of unbranched alkanes of at least 4 members (excludes halogenated alkanes) is 1. The predicted molar refractivity (Wildman–Crippen MR) is 44.8 cm³/mol. The van der Waals surface area contributed by atoms with Crippen LogP contribution in [0.1, 0.15) is 32.6 Å². The summed E-state index contributed by atoms with van der Waals surface area (Å²) in [6.07, 6.45) is 1.69. The number of carboxylic acid groups (broad SMARTS) is 1. The van der Waals surface area contributed by atoms with E-state index in [1.165, 1.54) is 0 Å². The summed E-state index contributed by atoms with van der Waals surface area (Å²) in [6.45, 7) is 1.64. The van der Waals surface area contributed by atoms with Gasteiger partial charge in [0.05, 0.1) is 6.04 Å². The van der Waals surface area contributed by atoms with E-state index in [4.69, 9.17) is 10.8 Å². The van der Waals surface area contributed by atoms with Crippen molar-refractivity contribution in [2.24, 2.45) is 5.73 Å². The zero-order valence-corrected chi connectivity index (χ0v) is 7.25. The second kappa shape index (κ2) is 5.71. The lowest BCUT2D eigenvalue weighted by Crippen LogP contribution is -2.26. The van der Waals surface area contributed by atoms with Crippen molar-refractivity contribution >= 4 is 11.8 Å². The minimum atomic E-state index is -0.816. The molecule has 0 saturated heterocycles. The highest BCUT2D eigenvalue weighted by atomic mass is 16.4. The molecule has 0 fully saturated rings. The summed E-state index contributed by atoms with van der Waals surface area (Å²) in [5.74, 6) is -0.816. The Bertz CT molecular complexity index is 166. The molecule has 0 aromatic heterocycles. The third kappa shape index (κ3) is 5.85. The number of rotatable bonds is 6. The van der Waals surface area contributed by atoms with Crippen LogP contribution in [-0.2, 0) is 9.59 Å². The zero-order chi connectivity index (χ0) is 9.56. The third-order valence-corrected chi connectivity index (χ3v) is 1.57. The topological polar surface area (TPSA) is 80.4 Å². The van der Waals surface area contributed by atoms with Crippen LogP contribution in [0.25, 0.3) is 0 Å². The van der Waals surface area contributed by atoms with Gasteiger partial charge in [-0.2, -0.15) is 0 Å². The molecular weight excluding hydrogens is 158 g/mol. The molecule has 0 heterocycles. The van der Waals surface area contributed by atoms with Gasteiger partial charge in [0.25, 0.3) is 0 Å². The van der Waals surface area contributed by atoms with Crippen molar-refractivity contribution in [3.05, 3.63) is 0 Å². The summed E-state index contributed by atoms with van der Waals surface area (Å²) in [6, 6.07) is -0.421. The van der Waals surface area contributed by atoms with Crippen LogP contribution in [0.2, 0.25) is 0 Å². The van der Waals surface area contributed by atoms with E-state index in [2.05, 4.69) is 0 Å². The fraction of sp³-hybridized carbons (Fsp3) is 0.750. The first kappa shape index (κ1) is 11.1. The summed E-state index contributed by atoms with van der Waals surface area (Å²) < 4.78 is 0. The SMILES string of the molecule is C[C@@H](N)C(=O)CCCCC(=O)O. The molecule has 0 amide bonds. The Kier molecular flexibility index (Phi) is 5.28. The fourth-order valence-electron chi connectivity index (χ4n) is 0.803. The fourth-order valence-corrected chi connectivity index (χ4v) is 0.803. The molecule has 12 heavy (non-hydrogen) atoms. The summed E-state index contributed by atoms with van der Waals surface area (Å²) in [5, 5.41) is 8.28. The highest BCUT2D eigenvalue weighted by Crippen LogP contribution is 2.01. The van der Waals surface area contributed by atoms with Gasteiger partial charge in [0.15, 0.2) is 0 Å². The summed E-state index contributed by atoms with van der Waals surface area (Å²) in [4.78, 5) is 21.0. The van der Waals surface area contributed by atoms with Crippen LogP contribution in [0.5, 0.6) is 0 Å². The number of hydrogen-bond acceptors (Lipinski definition) is 3. The molecule has 4 nitrogen and oxygen atoms in total.